The second-order valence-corrected chi connectivity index (χ2v) is 14.1. The number of nitrogens with one attached hydrogen (secondary N) is 1. The third kappa shape index (κ3) is 7.62. The molecule has 8 heteroatoms. The summed E-state index contributed by atoms with van der Waals surface area (Å²) >= 11 is 0. The number of ether oxygens (including phenoxy) is 2. The highest BCUT2D eigenvalue weighted by Gasteiger charge is 2.49. The second kappa shape index (κ2) is 13.3. The fourth-order valence-electron chi connectivity index (χ4n) is 7.36. The Labute approximate surface area is 237 Å². The zero-order valence-corrected chi connectivity index (χ0v) is 25.6. The van der Waals surface area contributed by atoms with Crippen LogP contribution in [0.1, 0.15) is 80.1 Å². The van der Waals surface area contributed by atoms with E-state index in [1.54, 1.807) is 0 Å². The molecule has 224 valence electrons. The average Bonchev–Trinajstić information content (AvgIpc) is 2.89. The summed E-state index contributed by atoms with van der Waals surface area (Å²) in [5.74, 6) is 1.56. The Bertz CT molecular complexity index is 806. The lowest BCUT2D eigenvalue weighted by Gasteiger charge is -2.52. The van der Waals surface area contributed by atoms with E-state index in [-0.39, 0.29) is 18.0 Å². The van der Waals surface area contributed by atoms with E-state index in [2.05, 4.69) is 56.7 Å². The predicted molar refractivity (Wildman–Crippen MR) is 154 cm³/mol. The van der Waals surface area contributed by atoms with E-state index >= 15 is 0 Å². The zero-order chi connectivity index (χ0) is 28.2. The highest BCUT2D eigenvalue weighted by molar-refractivity contribution is 5.87. The summed E-state index contributed by atoms with van der Waals surface area (Å²) < 4.78 is 13.0. The molecule has 0 aromatic carbocycles. The van der Waals surface area contributed by atoms with Crippen molar-refractivity contribution in [2.24, 2.45) is 23.7 Å². The number of nitrogens with zero attached hydrogens (tertiary/aromatic N) is 3. The molecule has 0 aromatic rings. The first-order chi connectivity index (χ1) is 18.5. The van der Waals surface area contributed by atoms with Gasteiger partial charge in [-0.3, -0.25) is 9.69 Å². The molecule has 0 saturated carbocycles. The van der Waals surface area contributed by atoms with Gasteiger partial charge in [-0.1, -0.05) is 34.6 Å². The van der Waals surface area contributed by atoms with Gasteiger partial charge in [-0.25, -0.2) is 0 Å². The van der Waals surface area contributed by atoms with Crippen LogP contribution in [0.15, 0.2) is 0 Å². The minimum absolute atomic E-state index is 0.0805. The van der Waals surface area contributed by atoms with Crippen molar-refractivity contribution in [1.29, 1.82) is 0 Å². The Kier molecular flexibility index (Phi) is 10.5. The molecule has 0 radical (unpaired) electrons. The number of carbonyl (C=O) groups excluding carboxylic acids is 2. The summed E-state index contributed by atoms with van der Waals surface area (Å²) in [7, 11) is 0. The molecule has 4 rings (SSSR count). The molecule has 4 aliphatic rings. The van der Waals surface area contributed by atoms with Gasteiger partial charge in [-0.2, -0.15) is 0 Å². The van der Waals surface area contributed by atoms with Crippen LogP contribution in [0, 0.1) is 23.7 Å². The molecule has 39 heavy (non-hydrogen) atoms. The van der Waals surface area contributed by atoms with Gasteiger partial charge in [0.25, 0.3) is 0 Å². The summed E-state index contributed by atoms with van der Waals surface area (Å²) in [6.07, 6.45) is 6.73. The molecule has 1 amide bonds. The standard InChI is InChI=1S/C31H56N4O4/c1-23(2)15-28-29(37)35(14-10-32-28)30(22-36,16-24(3)4)21-34-13-9-31(17-26(34)6)38-19-27(20-39-31)18-33-11-7-25(5)8-12-33/h22-28,32H,7-21H2,1-6H3/t26-,27?,28-,30+,31?/m0/s1. The van der Waals surface area contributed by atoms with E-state index in [1.807, 2.05) is 4.90 Å². The van der Waals surface area contributed by atoms with Gasteiger partial charge in [-0.05, 0) is 63.5 Å². The van der Waals surface area contributed by atoms with Gasteiger partial charge in [-0.15, -0.1) is 0 Å². The van der Waals surface area contributed by atoms with Crippen LogP contribution >= 0.6 is 0 Å². The SMILES string of the molecule is CC(C)C[C@@H]1NCCN([C@](C=O)(CC(C)C)CN2CCC3(C[C@@H]2C)OCC(CN2CCC(C)CC2)CO3)C1=O. The van der Waals surface area contributed by atoms with E-state index in [0.29, 0.717) is 37.3 Å². The van der Waals surface area contributed by atoms with Crippen LogP contribution in [0.3, 0.4) is 0 Å². The molecular weight excluding hydrogens is 492 g/mol. The lowest BCUT2D eigenvalue weighted by Crippen LogP contribution is -2.68. The van der Waals surface area contributed by atoms with Crippen LogP contribution in [0.25, 0.3) is 0 Å². The normalized spacial score (nSPS) is 33.7. The smallest absolute Gasteiger partial charge is 0.240 e. The Balaban J connectivity index is 1.37. The molecule has 0 aliphatic carbocycles. The van der Waals surface area contributed by atoms with Crippen LogP contribution in [0.2, 0.25) is 0 Å². The fraction of sp³-hybridized carbons (Fsp3) is 0.935. The molecule has 1 N–H and O–H groups in total. The third-order valence-electron chi connectivity index (χ3n) is 9.56. The van der Waals surface area contributed by atoms with Gasteiger partial charge in [0.2, 0.25) is 5.91 Å². The van der Waals surface area contributed by atoms with Gasteiger partial charge in [0.05, 0.1) is 19.3 Å². The van der Waals surface area contributed by atoms with Crippen LogP contribution in [-0.2, 0) is 19.1 Å². The maximum Gasteiger partial charge on any atom is 0.240 e. The Morgan fingerprint density at radius 2 is 1.74 bits per heavy atom. The van der Waals surface area contributed by atoms with Gasteiger partial charge in [0.1, 0.15) is 11.8 Å². The lowest BCUT2D eigenvalue weighted by molar-refractivity contribution is -0.305. The molecule has 1 spiro atoms. The molecule has 4 heterocycles. The molecule has 3 atom stereocenters. The maximum atomic E-state index is 13.6. The minimum Gasteiger partial charge on any atom is -0.349 e. The van der Waals surface area contributed by atoms with E-state index in [0.717, 1.165) is 64.3 Å². The van der Waals surface area contributed by atoms with Gasteiger partial charge >= 0.3 is 0 Å². The van der Waals surface area contributed by atoms with Crippen molar-refractivity contribution in [2.45, 2.75) is 103 Å². The van der Waals surface area contributed by atoms with Crippen molar-refractivity contribution in [3.8, 4) is 0 Å². The minimum atomic E-state index is -0.813. The van der Waals surface area contributed by atoms with E-state index in [4.69, 9.17) is 9.47 Å². The van der Waals surface area contributed by atoms with Crippen molar-refractivity contribution in [3.63, 3.8) is 0 Å². The van der Waals surface area contributed by atoms with Crippen molar-refractivity contribution in [1.82, 2.24) is 20.0 Å². The van der Waals surface area contributed by atoms with Crippen LogP contribution in [-0.4, -0.2) is 109 Å². The number of rotatable bonds is 10. The first-order valence-electron chi connectivity index (χ1n) is 15.8. The van der Waals surface area contributed by atoms with Gasteiger partial charge < -0.3 is 29.4 Å². The Morgan fingerprint density at radius 1 is 1.05 bits per heavy atom. The first kappa shape index (κ1) is 30.9. The monoisotopic (exact) mass is 548 g/mol. The molecule has 0 unspecified atom stereocenters. The molecule has 0 aromatic heterocycles. The summed E-state index contributed by atoms with van der Waals surface area (Å²) in [5.41, 5.74) is -0.813. The van der Waals surface area contributed by atoms with E-state index in [1.165, 1.54) is 25.9 Å². The van der Waals surface area contributed by atoms with Crippen molar-refractivity contribution >= 4 is 12.2 Å². The molecule has 0 bridgehead atoms. The van der Waals surface area contributed by atoms with Gasteiger partial charge in [0, 0.05) is 57.5 Å². The summed E-state index contributed by atoms with van der Waals surface area (Å²) in [6.45, 7) is 20.8. The summed E-state index contributed by atoms with van der Waals surface area (Å²) in [4.78, 5) is 33.5. The number of likely N-dealkylation sites (tertiary alicyclic amines) is 2. The van der Waals surface area contributed by atoms with Crippen LogP contribution in [0.4, 0.5) is 0 Å². The molecular formula is C31H56N4O4. The van der Waals surface area contributed by atoms with Crippen molar-refractivity contribution < 1.29 is 19.1 Å². The zero-order valence-electron chi connectivity index (χ0n) is 25.6. The highest BCUT2D eigenvalue weighted by atomic mass is 16.7. The molecule has 8 nitrogen and oxygen atoms in total. The van der Waals surface area contributed by atoms with Crippen LogP contribution in [0.5, 0.6) is 0 Å². The summed E-state index contributed by atoms with van der Waals surface area (Å²) in [6, 6.07) is -0.00699. The van der Waals surface area contributed by atoms with Crippen molar-refractivity contribution in [2.75, 3.05) is 59.0 Å². The second-order valence-electron chi connectivity index (χ2n) is 14.1. The summed E-state index contributed by atoms with van der Waals surface area (Å²) in [5, 5.41) is 3.41. The molecule has 4 aliphatic heterocycles. The lowest BCUT2D eigenvalue weighted by atomic mass is 9.84. The third-order valence-corrected chi connectivity index (χ3v) is 9.56. The highest BCUT2D eigenvalue weighted by Crippen LogP contribution is 2.37. The Hall–Kier alpha value is -1.06. The predicted octanol–water partition coefficient (Wildman–Crippen LogP) is 3.39. The van der Waals surface area contributed by atoms with E-state index < -0.39 is 11.3 Å². The average molecular weight is 549 g/mol. The quantitative estimate of drug-likeness (QED) is 0.420. The molecule has 4 saturated heterocycles. The number of hydrogen-bond acceptors (Lipinski definition) is 7. The number of hydrogen-bond donors (Lipinski definition) is 1. The van der Waals surface area contributed by atoms with Gasteiger partial charge in [0.15, 0.2) is 5.79 Å². The van der Waals surface area contributed by atoms with Crippen LogP contribution < -0.4 is 5.32 Å². The number of amides is 1. The number of carbonyl (C=O) groups is 2. The first-order valence-corrected chi connectivity index (χ1v) is 15.8. The topological polar surface area (TPSA) is 74.3 Å². The van der Waals surface area contributed by atoms with E-state index in [9.17, 15) is 9.59 Å². The number of piperazine rings is 1. The fourth-order valence-corrected chi connectivity index (χ4v) is 7.36. The maximum absolute atomic E-state index is 13.6. The Morgan fingerprint density at radius 3 is 2.33 bits per heavy atom. The number of piperidine rings is 2. The van der Waals surface area contributed by atoms with Crippen molar-refractivity contribution in [3.05, 3.63) is 0 Å². The number of aldehydes is 1. The molecule has 4 fully saturated rings. The largest absolute Gasteiger partial charge is 0.349 e.